The molecule has 0 aliphatic rings. The second kappa shape index (κ2) is 8.19. The Hall–Kier alpha value is -1.34. The average Bonchev–Trinajstić information content (AvgIpc) is 2.34. The monoisotopic (exact) mass is 329 g/mol. The molecule has 1 atom stereocenters. The highest BCUT2D eigenvalue weighted by Gasteiger charge is 2.30. The van der Waals surface area contributed by atoms with E-state index in [4.69, 9.17) is 19.9 Å². The fraction of sp³-hybridized carbons (Fsp3) is 0.538. The summed E-state index contributed by atoms with van der Waals surface area (Å²) in [5.41, 5.74) is 6.50. The van der Waals surface area contributed by atoms with Crippen molar-refractivity contribution in [2.75, 3.05) is 20.8 Å². The highest BCUT2D eigenvalue weighted by Crippen LogP contribution is 2.39. The third-order valence-corrected chi connectivity index (χ3v) is 2.46. The second-order valence-electron chi connectivity index (χ2n) is 4.41. The Kier molecular flexibility index (Phi) is 7.67. The van der Waals surface area contributed by atoms with Crippen LogP contribution in [0, 0.1) is 0 Å². The molecular formula is C13H19ClF3NO3. The summed E-state index contributed by atoms with van der Waals surface area (Å²) >= 11 is 0. The minimum atomic E-state index is -4.43. The van der Waals surface area contributed by atoms with Crippen molar-refractivity contribution in [1.29, 1.82) is 0 Å². The second-order valence-corrected chi connectivity index (χ2v) is 4.41. The predicted octanol–water partition coefficient (Wildman–Crippen LogP) is 2.96. The van der Waals surface area contributed by atoms with Crippen molar-refractivity contribution in [3.05, 3.63) is 17.7 Å². The molecule has 1 unspecified atom stereocenters. The van der Waals surface area contributed by atoms with Gasteiger partial charge >= 0.3 is 6.18 Å². The summed E-state index contributed by atoms with van der Waals surface area (Å²) < 4.78 is 51.6. The summed E-state index contributed by atoms with van der Waals surface area (Å²) in [6.07, 6.45) is -3.88. The molecule has 4 nitrogen and oxygen atoms in total. The van der Waals surface area contributed by atoms with Gasteiger partial charge in [-0.2, -0.15) is 13.2 Å². The third-order valence-electron chi connectivity index (χ3n) is 2.46. The maximum absolute atomic E-state index is 12.2. The van der Waals surface area contributed by atoms with Gasteiger partial charge in [-0.05, 0) is 31.0 Å². The topological polar surface area (TPSA) is 53.7 Å². The Morgan fingerprint density at radius 2 is 1.62 bits per heavy atom. The van der Waals surface area contributed by atoms with Crippen molar-refractivity contribution >= 4 is 12.4 Å². The van der Waals surface area contributed by atoms with E-state index in [0.717, 1.165) is 5.56 Å². The van der Waals surface area contributed by atoms with Gasteiger partial charge < -0.3 is 19.9 Å². The molecule has 0 saturated heterocycles. The number of nitrogens with two attached hydrogens (primary N) is 1. The highest BCUT2D eigenvalue weighted by molar-refractivity contribution is 5.85. The lowest BCUT2D eigenvalue weighted by Gasteiger charge is -2.17. The molecule has 0 aromatic heterocycles. The number of hydrogen-bond donors (Lipinski definition) is 1. The summed E-state index contributed by atoms with van der Waals surface area (Å²) in [6.45, 7) is 0.416. The summed E-state index contributed by atoms with van der Waals surface area (Å²) in [7, 11) is 2.70. The summed E-state index contributed by atoms with van der Waals surface area (Å²) in [6, 6.07) is 3.10. The number of ether oxygens (including phenoxy) is 3. The third kappa shape index (κ3) is 6.31. The molecule has 0 saturated carbocycles. The van der Waals surface area contributed by atoms with Gasteiger partial charge in [0.1, 0.15) is 0 Å². The highest BCUT2D eigenvalue weighted by atomic mass is 35.5. The largest absolute Gasteiger partial charge is 0.493 e. The van der Waals surface area contributed by atoms with Gasteiger partial charge in [0.05, 0.1) is 14.2 Å². The molecule has 0 bridgehead atoms. The Balaban J connectivity index is 0.00000400. The van der Waals surface area contributed by atoms with E-state index in [2.05, 4.69) is 0 Å². The zero-order valence-corrected chi connectivity index (χ0v) is 12.8. The molecule has 8 heteroatoms. The average molecular weight is 330 g/mol. The Morgan fingerprint density at radius 1 is 1.14 bits per heavy atom. The number of hydrogen-bond acceptors (Lipinski definition) is 4. The fourth-order valence-electron chi connectivity index (χ4n) is 1.72. The standard InChI is InChI=1S/C13H18F3NO3.ClH/c1-8(17)4-9-5-10(18-2)12(11(6-9)19-3)20-7-13(14,15)16;/h5-6,8H,4,7,17H2,1-3H3;1H. The van der Waals surface area contributed by atoms with E-state index in [1.165, 1.54) is 14.2 Å². The molecule has 2 N–H and O–H groups in total. The molecule has 0 radical (unpaired) electrons. The first kappa shape index (κ1) is 19.7. The Morgan fingerprint density at radius 3 is 1.95 bits per heavy atom. The molecule has 0 spiro atoms. The number of methoxy groups -OCH3 is 2. The molecule has 21 heavy (non-hydrogen) atoms. The zero-order valence-electron chi connectivity index (χ0n) is 12.0. The molecule has 0 fully saturated rings. The summed E-state index contributed by atoms with van der Waals surface area (Å²) in [5.74, 6) is 0.300. The van der Waals surface area contributed by atoms with E-state index in [-0.39, 0.29) is 35.7 Å². The van der Waals surface area contributed by atoms with Crippen LogP contribution in [0.3, 0.4) is 0 Å². The van der Waals surface area contributed by atoms with Crippen LogP contribution in [0.2, 0.25) is 0 Å². The molecule has 1 rings (SSSR count). The lowest BCUT2D eigenvalue weighted by Crippen LogP contribution is -2.20. The van der Waals surface area contributed by atoms with Gasteiger partial charge in [-0.25, -0.2) is 0 Å². The molecular weight excluding hydrogens is 311 g/mol. The van der Waals surface area contributed by atoms with E-state index < -0.39 is 12.8 Å². The van der Waals surface area contributed by atoms with Crippen molar-refractivity contribution in [1.82, 2.24) is 0 Å². The van der Waals surface area contributed by atoms with Crippen molar-refractivity contribution in [3.63, 3.8) is 0 Å². The summed E-state index contributed by atoms with van der Waals surface area (Å²) in [5, 5.41) is 0. The molecule has 1 aromatic carbocycles. The van der Waals surface area contributed by atoms with Gasteiger partial charge in [-0.1, -0.05) is 0 Å². The molecule has 1 aromatic rings. The van der Waals surface area contributed by atoms with Crippen molar-refractivity contribution in [3.8, 4) is 17.2 Å². The minimum Gasteiger partial charge on any atom is -0.493 e. The minimum absolute atomic E-state index is 0. The maximum Gasteiger partial charge on any atom is 0.422 e. The summed E-state index contributed by atoms with van der Waals surface area (Å²) in [4.78, 5) is 0. The SMILES string of the molecule is COc1cc(CC(C)N)cc(OC)c1OCC(F)(F)F.Cl. The van der Waals surface area contributed by atoms with Crippen LogP contribution < -0.4 is 19.9 Å². The van der Waals surface area contributed by atoms with Crippen LogP contribution >= 0.6 is 12.4 Å². The smallest absolute Gasteiger partial charge is 0.422 e. The van der Waals surface area contributed by atoms with Crippen LogP contribution in [0.15, 0.2) is 12.1 Å². The molecule has 0 amide bonds. The van der Waals surface area contributed by atoms with Crippen LogP contribution in [0.25, 0.3) is 0 Å². The van der Waals surface area contributed by atoms with Crippen LogP contribution in [-0.4, -0.2) is 33.0 Å². The zero-order chi connectivity index (χ0) is 15.3. The van der Waals surface area contributed by atoms with Crippen molar-refractivity contribution in [2.45, 2.75) is 25.6 Å². The number of alkyl halides is 3. The number of rotatable bonds is 6. The molecule has 122 valence electrons. The van der Waals surface area contributed by atoms with Gasteiger partial charge in [0.15, 0.2) is 18.1 Å². The van der Waals surface area contributed by atoms with Gasteiger partial charge in [0.25, 0.3) is 0 Å². The Labute approximate surface area is 127 Å². The van der Waals surface area contributed by atoms with Crippen LogP contribution in [0.4, 0.5) is 13.2 Å². The van der Waals surface area contributed by atoms with Gasteiger partial charge in [0, 0.05) is 6.04 Å². The van der Waals surface area contributed by atoms with E-state index >= 15 is 0 Å². The van der Waals surface area contributed by atoms with Gasteiger partial charge in [0.2, 0.25) is 5.75 Å². The predicted molar refractivity (Wildman–Crippen MR) is 75.7 cm³/mol. The lowest BCUT2D eigenvalue weighted by atomic mass is 10.1. The van der Waals surface area contributed by atoms with Crippen molar-refractivity contribution in [2.24, 2.45) is 5.73 Å². The first-order valence-electron chi connectivity index (χ1n) is 5.97. The van der Waals surface area contributed by atoms with Gasteiger partial charge in [-0.15, -0.1) is 12.4 Å². The van der Waals surface area contributed by atoms with E-state index in [1.807, 2.05) is 6.92 Å². The van der Waals surface area contributed by atoms with Gasteiger partial charge in [-0.3, -0.25) is 0 Å². The number of halogens is 4. The maximum atomic E-state index is 12.2. The quantitative estimate of drug-likeness (QED) is 0.872. The first-order valence-corrected chi connectivity index (χ1v) is 5.97. The van der Waals surface area contributed by atoms with Crippen LogP contribution in [-0.2, 0) is 6.42 Å². The number of benzene rings is 1. The molecule has 0 heterocycles. The molecule has 0 aliphatic heterocycles. The normalized spacial score (nSPS) is 12.3. The Bertz CT molecular complexity index is 428. The lowest BCUT2D eigenvalue weighted by molar-refractivity contribution is -0.153. The van der Waals surface area contributed by atoms with E-state index in [9.17, 15) is 13.2 Å². The molecule has 0 aliphatic carbocycles. The first-order chi connectivity index (χ1) is 9.26. The van der Waals surface area contributed by atoms with Crippen LogP contribution in [0.5, 0.6) is 17.2 Å². The van der Waals surface area contributed by atoms with Crippen LogP contribution in [0.1, 0.15) is 12.5 Å². The van der Waals surface area contributed by atoms with E-state index in [1.54, 1.807) is 12.1 Å². The van der Waals surface area contributed by atoms with E-state index in [0.29, 0.717) is 6.42 Å². The van der Waals surface area contributed by atoms with Crippen molar-refractivity contribution < 1.29 is 27.4 Å². The fourth-order valence-corrected chi connectivity index (χ4v) is 1.72.